The molecule has 0 aliphatic carbocycles. The average molecular weight is 284 g/mol. The third kappa shape index (κ3) is 2.79. The molecule has 0 radical (unpaired) electrons. The maximum atomic E-state index is 8.93. The molecule has 1 aromatic heterocycles. The van der Waals surface area contributed by atoms with Crippen molar-refractivity contribution in [2.24, 2.45) is 0 Å². The predicted octanol–water partition coefficient (Wildman–Crippen LogP) is 1.57. The molecule has 1 aliphatic heterocycles. The van der Waals surface area contributed by atoms with E-state index >= 15 is 0 Å². The van der Waals surface area contributed by atoms with Crippen LogP contribution >= 0.6 is 11.6 Å². The molecular formula is C13H19BClNO3. The van der Waals surface area contributed by atoms with E-state index in [9.17, 15) is 0 Å². The summed E-state index contributed by atoms with van der Waals surface area (Å²) < 4.78 is 11.8. The van der Waals surface area contributed by atoms with Crippen molar-refractivity contribution in [2.75, 3.05) is 6.61 Å². The molecule has 4 nitrogen and oxygen atoms in total. The van der Waals surface area contributed by atoms with E-state index in [1.807, 2.05) is 39.8 Å². The summed E-state index contributed by atoms with van der Waals surface area (Å²) in [4.78, 5) is 4.31. The summed E-state index contributed by atoms with van der Waals surface area (Å²) in [5.41, 5.74) is 0.695. The number of aromatic nitrogens is 1. The molecule has 0 unspecified atom stereocenters. The van der Waals surface area contributed by atoms with Crippen molar-refractivity contribution in [2.45, 2.75) is 45.3 Å². The summed E-state index contributed by atoms with van der Waals surface area (Å²) in [6.45, 7) is 8.03. The molecule has 1 N–H and O–H groups in total. The Labute approximate surface area is 119 Å². The van der Waals surface area contributed by atoms with Crippen LogP contribution in [0.25, 0.3) is 0 Å². The summed E-state index contributed by atoms with van der Waals surface area (Å²) in [7, 11) is -0.509. The molecule has 0 spiro atoms. The molecule has 104 valence electrons. The van der Waals surface area contributed by atoms with Gasteiger partial charge in [-0.2, -0.15) is 0 Å². The van der Waals surface area contributed by atoms with Crippen molar-refractivity contribution in [3.05, 3.63) is 22.8 Å². The lowest BCUT2D eigenvalue weighted by Crippen LogP contribution is -2.41. The molecule has 1 fully saturated rings. The van der Waals surface area contributed by atoms with Gasteiger partial charge >= 0.3 is 7.12 Å². The monoisotopic (exact) mass is 283 g/mol. The third-order valence-electron chi connectivity index (χ3n) is 3.82. The first-order valence-electron chi connectivity index (χ1n) is 6.38. The summed E-state index contributed by atoms with van der Waals surface area (Å²) in [5, 5.41) is 9.32. The summed E-state index contributed by atoms with van der Waals surface area (Å²) >= 11 is 6.10. The van der Waals surface area contributed by atoms with Crippen LogP contribution in [0.2, 0.25) is 5.15 Å². The average Bonchev–Trinajstić information content (AvgIpc) is 2.51. The Morgan fingerprint density at radius 2 is 1.79 bits per heavy atom. The van der Waals surface area contributed by atoms with Crippen LogP contribution in [0.3, 0.4) is 0 Å². The first-order chi connectivity index (χ1) is 8.77. The van der Waals surface area contributed by atoms with Crippen LogP contribution < -0.4 is 5.59 Å². The molecule has 1 aliphatic rings. The summed E-state index contributed by atoms with van der Waals surface area (Å²) in [6, 6.07) is 3.69. The van der Waals surface area contributed by atoms with Crippen molar-refractivity contribution in [3.8, 4) is 0 Å². The molecule has 0 bridgehead atoms. The molecule has 2 heterocycles. The zero-order valence-corrected chi connectivity index (χ0v) is 12.5. The number of rotatable bonds is 3. The van der Waals surface area contributed by atoms with Crippen molar-refractivity contribution in [1.82, 2.24) is 4.98 Å². The molecule has 0 amide bonds. The van der Waals surface area contributed by atoms with E-state index in [4.69, 9.17) is 26.0 Å². The highest BCUT2D eigenvalue weighted by Crippen LogP contribution is 2.36. The van der Waals surface area contributed by atoms with Gasteiger partial charge in [0.15, 0.2) is 0 Å². The Balaban J connectivity index is 2.23. The minimum Gasteiger partial charge on any atom is -0.398 e. The van der Waals surface area contributed by atoms with Crippen molar-refractivity contribution >= 4 is 24.3 Å². The van der Waals surface area contributed by atoms with Gasteiger partial charge in [0, 0.05) is 6.61 Å². The zero-order valence-electron chi connectivity index (χ0n) is 11.7. The largest absolute Gasteiger partial charge is 0.514 e. The van der Waals surface area contributed by atoms with Crippen LogP contribution in [-0.4, -0.2) is 35.0 Å². The number of aliphatic hydroxyl groups is 1. The van der Waals surface area contributed by atoms with Crippen LogP contribution in [-0.2, 0) is 15.7 Å². The van der Waals surface area contributed by atoms with E-state index < -0.39 is 18.3 Å². The van der Waals surface area contributed by atoms with Gasteiger partial charge in [-0.05, 0) is 45.7 Å². The van der Waals surface area contributed by atoms with Crippen LogP contribution in [0.5, 0.6) is 0 Å². The molecule has 6 heteroatoms. The van der Waals surface area contributed by atoms with Crippen LogP contribution in [0, 0.1) is 0 Å². The fourth-order valence-corrected chi connectivity index (χ4v) is 2.13. The number of hydrogen-bond donors (Lipinski definition) is 1. The molecule has 0 saturated carbocycles. The molecule has 2 rings (SSSR count). The van der Waals surface area contributed by atoms with E-state index in [1.54, 1.807) is 0 Å². The number of hydrogen-bond acceptors (Lipinski definition) is 4. The Morgan fingerprint density at radius 3 is 2.26 bits per heavy atom. The van der Waals surface area contributed by atoms with Gasteiger partial charge < -0.3 is 14.4 Å². The lowest BCUT2D eigenvalue weighted by molar-refractivity contribution is 0.00578. The van der Waals surface area contributed by atoms with Gasteiger partial charge in [0.05, 0.1) is 16.8 Å². The van der Waals surface area contributed by atoms with Gasteiger partial charge in [0.1, 0.15) is 5.15 Å². The molecule has 1 aromatic rings. The summed E-state index contributed by atoms with van der Waals surface area (Å²) in [6.07, 6.45) is 0.496. The van der Waals surface area contributed by atoms with Crippen LogP contribution in [0.1, 0.15) is 33.3 Å². The Morgan fingerprint density at radius 1 is 1.21 bits per heavy atom. The maximum absolute atomic E-state index is 8.93. The molecule has 1 saturated heterocycles. The minimum absolute atomic E-state index is 0.0528. The van der Waals surface area contributed by atoms with E-state index in [-0.39, 0.29) is 6.61 Å². The Hall–Kier alpha value is -0.615. The first-order valence-corrected chi connectivity index (χ1v) is 6.76. The van der Waals surface area contributed by atoms with Crippen molar-refractivity contribution < 1.29 is 14.4 Å². The van der Waals surface area contributed by atoms with Crippen molar-refractivity contribution in [1.29, 1.82) is 0 Å². The van der Waals surface area contributed by atoms with E-state index in [1.165, 1.54) is 0 Å². The quantitative estimate of drug-likeness (QED) is 0.676. The number of nitrogens with zero attached hydrogens (tertiary/aromatic N) is 1. The smallest absolute Gasteiger partial charge is 0.398 e. The van der Waals surface area contributed by atoms with E-state index in [0.717, 1.165) is 5.56 Å². The molecular weight excluding hydrogens is 264 g/mol. The van der Waals surface area contributed by atoms with Gasteiger partial charge in [-0.1, -0.05) is 17.7 Å². The zero-order chi connectivity index (χ0) is 14.3. The normalized spacial score (nSPS) is 20.8. The standard InChI is InChI=1S/C13H19BClNO3/c1-12(2)13(3,4)19-14(18-12)10-6-5-9(7-8-17)11(15)16-10/h5-6,17H,7-8H2,1-4H3. The van der Waals surface area contributed by atoms with Gasteiger partial charge in [-0.15, -0.1) is 0 Å². The second-order valence-corrected chi connectivity index (χ2v) is 6.11. The highest BCUT2D eigenvalue weighted by Gasteiger charge is 2.52. The number of pyridine rings is 1. The van der Waals surface area contributed by atoms with E-state index in [0.29, 0.717) is 17.2 Å². The maximum Gasteiger partial charge on any atom is 0.514 e. The van der Waals surface area contributed by atoms with Gasteiger partial charge in [0.2, 0.25) is 0 Å². The number of halogens is 1. The van der Waals surface area contributed by atoms with Crippen LogP contribution in [0.15, 0.2) is 12.1 Å². The molecule has 0 atom stereocenters. The van der Waals surface area contributed by atoms with Crippen molar-refractivity contribution in [3.63, 3.8) is 0 Å². The lowest BCUT2D eigenvalue weighted by atomic mass is 9.84. The fourth-order valence-electron chi connectivity index (χ4n) is 1.88. The Bertz CT molecular complexity index is 463. The van der Waals surface area contributed by atoms with E-state index in [2.05, 4.69) is 4.98 Å². The second kappa shape index (κ2) is 5.06. The topological polar surface area (TPSA) is 51.6 Å². The SMILES string of the molecule is CC1(C)OB(c2ccc(CCO)c(Cl)n2)OC1(C)C. The third-order valence-corrected chi connectivity index (χ3v) is 4.15. The van der Waals surface area contributed by atoms with Gasteiger partial charge in [-0.3, -0.25) is 0 Å². The van der Waals surface area contributed by atoms with Gasteiger partial charge in [-0.25, -0.2) is 4.98 Å². The molecule has 19 heavy (non-hydrogen) atoms. The minimum atomic E-state index is -0.509. The Kier molecular flexibility index (Phi) is 3.93. The number of aliphatic hydroxyl groups excluding tert-OH is 1. The first kappa shape index (κ1) is 14.8. The predicted molar refractivity (Wildman–Crippen MR) is 75.8 cm³/mol. The van der Waals surface area contributed by atoms with Gasteiger partial charge in [0.25, 0.3) is 0 Å². The molecule has 0 aromatic carbocycles. The summed E-state index contributed by atoms with van der Waals surface area (Å²) in [5.74, 6) is 0. The van der Waals surface area contributed by atoms with Crippen LogP contribution in [0.4, 0.5) is 0 Å². The lowest BCUT2D eigenvalue weighted by Gasteiger charge is -2.32. The highest BCUT2D eigenvalue weighted by molar-refractivity contribution is 6.61. The fraction of sp³-hybridized carbons (Fsp3) is 0.615. The highest BCUT2D eigenvalue weighted by atomic mass is 35.5. The second-order valence-electron chi connectivity index (χ2n) is 5.75.